The molecule has 0 spiro atoms. The number of hydrogen-bond donors (Lipinski definition) is 1. The first-order valence-electron chi connectivity index (χ1n) is 7.71. The third-order valence-electron chi connectivity index (χ3n) is 3.51. The lowest BCUT2D eigenvalue weighted by atomic mass is 10.1. The van der Waals surface area contributed by atoms with Crippen LogP contribution in [0.1, 0.15) is 12.8 Å². The van der Waals surface area contributed by atoms with Crippen LogP contribution < -0.4 is 10.4 Å². The molecule has 0 amide bonds. The second kappa shape index (κ2) is 8.35. The zero-order valence-electron chi connectivity index (χ0n) is 13.0. The van der Waals surface area contributed by atoms with E-state index in [-0.39, 0.29) is 5.69 Å². The minimum absolute atomic E-state index is 0.319. The molecule has 0 aliphatic heterocycles. The zero-order valence-corrected chi connectivity index (χ0v) is 15.4. The lowest BCUT2D eigenvalue weighted by Crippen LogP contribution is -2.10. The fourth-order valence-corrected chi connectivity index (χ4v) is 3.74. The summed E-state index contributed by atoms with van der Waals surface area (Å²) in [6.07, 6.45) is 3.51. The molecule has 2 aromatic carbocycles. The number of H-pyrrole nitrogens is 1. The molecule has 3 aromatic rings. The Balaban J connectivity index is 1.42. The highest BCUT2D eigenvalue weighted by molar-refractivity contribution is 9.10. The SMILES string of the molecule is O=c1ncc(Br)c(SCCCCOc2ccc3ccccc3c2)[nH]1. The van der Waals surface area contributed by atoms with Crippen LogP contribution in [0.15, 0.2) is 63.0 Å². The summed E-state index contributed by atoms with van der Waals surface area (Å²) in [4.78, 5) is 17.6. The number of nitrogens with zero attached hydrogens (tertiary/aromatic N) is 1. The number of hydrogen-bond acceptors (Lipinski definition) is 4. The monoisotopic (exact) mass is 404 g/mol. The van der Waals surface area contributed by atoms with Crippen molar-refractivity contribution in [1.82, 2.24) is 9.97 Å². The van der Waals surface area contributed by atoms with Crippen LogP contribution in [0.25, 0.3) is 10.8 Å². The summed E-state index contributed by atoms with van der Waals surface area (Å²) in [6.45, 7) is 0.687. The van der Waals surface area contributed by atoms with E-state index in [1.807, 2.05) is 18.2 Å². The number of ether oxygens (including phenoxy) is 1. The molecule has 0 unspecified atom stereocenters. The molecule has 0 aliphatic rings. The van der Waals surface area contributed by atoms with E-state index in [0.717, 1.165) is 33.8 Å². The maximum Gasteiger partial charge on any atom is 0.345 e. The van der Waals surface area contributed by atoms with Gasteiger partial charge in [-0.3, -0.25) is 4.98 Å². The second-order valence-corrected chi connectivity index (χ2v) is 7.24. The summed E-state index contributed by atoms with van der Waals surface area (Å²) < 4.78 is 6.64. The molecule has 3 rings (SSSR count). The van der Waals surface area contributed by atoms with Crippen molar-refractivity contribution in [1.29, 1.82) is 0 Å². The van der Waals surface area contributed by atoms with E-state index in [2.05, 4.69) is 50.2 Å². The standard InChI is InChI=1S/C18H17BrN2O2S/c19-16-12-20-18(22)21-17(16)24-10-4-3-9-23-15-8-7-13-5-1-2-6-14(13)11-15/h1-2,5-8,11-12H,3-4,9-10H2,(H,20,21,22). The molecule has 0 radical (unpaired) electrons. The molecule has 0 atom stereocenters. The molecule has 0 saturated carbocycles. The van der Waals surface area contributed by atoms with E-state index < -0.39 is 0 Å². The van der Waals surface area contributed by atoms with Crippen LogP contribution in [-0.2, 0) is 0 Å². The summed E-state index contributed by atoms with van der Waals surface area (Å²) in [5.41, 5.74) is -0.319. The zero-order chi connectivity index (χ0) is 16.8. The van der Waals surface area contributed by atoms with Gasteiger partial charge in [0, 0.05) is 6.20 Å². The van der Waals surface area contributed by atoms with Crippen molar-refractivity contribution in [3.05, 3.63) is 63.6 Å². The van der Waals surface area contributed by atoms with Crippen LogP contribution in [0, 0.1) is 0 Å². The molecule has 24 heavy (non-hydrogen) atoms. The molecular formula is C18H17BrN2O2S. The predicted octanol–water partition coefficient (Wildman–Crippen LogP) is 4.64. The first-order chi connectivity index (χ1) is 11.7. The Morgan fingerprint density at radius 1 is 1.12 bits per heavy atom. The number of benzene rings is 2. The summed E-state index contributed by atoms with van der Waals surface area (Å²) in [5, 5.41) is 3.24. The molecular weight excluding hydrogens is 388 g/mol. The number of rotatable bonds is 7. The van der Waals surface area contributed by atoms with Crippen molar-refractivity contribution >= 4 is 38.5 Å². The highest BCUT2D eigenvalue weighted by Gasteiger charge is 2.02. The molecule has 1 N–H and O–H groups in total. The smallest absolute Gasteiger partial charge is 0.345 e. The predicted molar refractivity (Wildman–Crippen MR) is 102 cm³/mol. The Bertz CT molecular complexity index is 882. The summed E-state index contributed by atoms with van der Waals surface area (Å²) in [6, 6.07) is 14.4. The molecule has 0 fully saturated rings. The number of aromatic nitrogens is 2. The molecule has 1 aromatic heterocycles. The van der Waals surface area contributed by atoms with Crippen molar-refractivity contribution in [3.63, 3.8) is 0 Å². The van der Waals surface area contributed by atoms with E-state index in [0.29, 0.717) is 6.61 Å². The van der Waals surface area contributed by atoms with E-state index in [1.54, 1.807) is 11.8 Å². The van der Waals surface area contributed by atoms with Gasteiger partial charge in [-0.15, -0.1) is 11.8 Å². The second-order valence-electron chi connectivity index (χ2n) is 5.28. The largest absolute Gasteiger partial charge is 0.494 e. The van der Waals surface area contributed by atoms with Crippen LogP contribution >= 0.6 is 27.7 Å². The van der Waals surface area contributed by atoms with Gasteiger partial charge in [-0.2, -0.15) is 0 Å². The Morgan fingerprint density at radius 2 is 1.96 bits per heavy atom. The van der Waals surface area contributed by atoms with Crippen molar-refractivity contribution < 1.29 is 4.74 Å². The Morgan fingerprint density at radius 3 is 2.83 bits per heavy atom. The van der Waals surface area contributed by atoms with Gasteiger partial charge in [-0.05, 0) is 57.4 Å². The van der Waals surface area contributed by atoms with Gasteiger partial charge in [0.25, 0.3) is 0 Å². The Hall–Kier alpha value is -1.79. The Labute approximate surface area is 152 Å². The highest BCUT2D eigenvalue weighted by Crippen LogP contribution is 2.24. The normalized spacial score (nSPS) is 10.9. The number of halogens is 1. The number of unbranched alkanes of at least 4 members (excludes halogenated alkanes) is 1. The Kier molecular flexibility index (Phi) is 5.93. The lowest BCUT2D eigenvalue weighted by molar-refractivity contribution is 0.310. The van der Waals surface area contributed by atoms with Gasteiger partial charge in [-0.1, -0.05) is 30.3 Å². The van der Waals surface area contributed by atoms with Crippen LogP contribution in [0.3, 0.4) is 0 Å². The number of thioether (sulfide) groups is 1. The highest BCUT2D eigenvalue weighted by atomic mass is 79.9. The first-order valence-corrected chi connectivity index (χ1v) is 9.49. The van der Waals surface area contributed by atoms with E-state index in [9.17, 15) is 4.79 Å². The molecule has 124 valence electrons. The van der Waals surface area contributed by atoms with Crippen LogP contribution in [-0.4, -0.2) is 22.3 Å². The fraction of sp³-hybridized carbons (Fsp3) is 0.222. The van der Waals surface area contributed by atoms with Crippen molar-refractivity contribution in [2.24, 2.45) is 0 Å². The van der Waals surface area contributed by atoms with Gasteiger partial charge < -0.3 is 4.74 Å². The van der Waals surface area contributed by atoms with E-state index >= 15 is 0 Å². The summed E-state index contributed by atoms with van der Waals surface area (Å²) >= 11 is 5.00. The average molecular weight is 405 g/mol. The van der Waals surface area contributed by atoms with Gasteiger partial charge >= 0.3 is 5.69 Å². The third-order valence-corrected chi connectivity index (χ3v) is 5.47. The minimum atomic E-state index is -0.319. The topological polar surface area (TPSA) is 55.0 Å². The molecule has 0 bridgehead atoms. The quantitative estimate of drug-likeness (QED) is 0.354. The van der Waals surface area contributed by atoms with Gasteiger partial charge in [0.15, 0.2) is 0 Å². The first kappa shape index (κ1) is 17.0. The van der Waals surface area contributed by atoms with Crippen LogP contribution in [0.4, 0.5) is 0 Å². The maximum absolute atomic E-state index is 11.2. The minimum Gasteiger partial charge on any atom is -0.494 e. The lowest BCUT2D eigenvalue weighted by Gasteiger charge is -2.07. The van der Waals surface area contributed by atoms with Gasteiger partial charge in [0.05, 0.1) is 16.1 Å². The van der Waals surface area contributed by atoms with Crippen molar-refractivity contribution in [3.8, 4) is 5.75 Å². The fourth-order valence-electron chi connectivity index (χ4n) is 2.29. The average Bonchev–Trinajstić information content (AvgIpc) is 2.60. The van der Waals surface area contributed by atoms with Gasteiger partial charge in [-0.25, -0.2) is 9.78 Å². The van der Waals surface area contributed by atoms with E-state index in [4.69, 9.17) is 4.74 Å². The van der Waals surface area contributed by atoms with Crippen LogP contribution in [0.2, 0.25) is 0 Å². The molecule has 6 heteroatoms. The van der Waals surface area contributed by atoms with Gasteiger partial charge in [0.2, 0.25) is 0 Å². The summed E-state index contributed by atoms with van der Waals surface area (Å²) in [7, 11) is 0. The molecule has 1 heterocycles. The van der Waals surface area contributed by atoms with Crippen LogP contribution in [0.5, 0.6) is 5.75 Å². The summed E-state index contributed by atoms with van der Waals surface area (Å²) in [5.74, 6) is 1.82. The number of fused-ring (bicyclic) bond motifs is 1. The molecule has 0 saturated heterocycles. The molecule has 4 nitrogen and oxygen atoms in total. The molecule has 0 aliphatic carbocycles. The number of nitrogens with one attached hydrogen (secondary N) is 1. The third kappa shape index (κ3) is 4.61. The maximum atomic E-state index is 11.2. The van der Waals surface area contributed by atoms with Gasteiger partial charge in [0.1, 0.15) is 5.75 Å². The number of aromatic amines is 1. The van der Waals surface area contributed by atoms with E-state index in [1.165, 1.54) is 17.0 Å². The van der Waals surface area contributed by atoms with Crippen molar-refractivity contribution in [2.75, 3.05) is 12.4 Å². The van der Waals surface area contributed by atoms with Crippen molar-refractivity contribution in [2.45, 2.75) is 17.9 Å².